The molecule has 1 aromatic heterocycles. The Morgan fingerprint density at radius 1 is 1.40 bits per heavy atom. The van der Waals surface area contributed by atoms with E-state index in [-0.39, 0.29) is 16.3 Å². The Bertz CT molecular complexity index is 368. The first kappa shape index (κ1) is 12.0. The van der Waals surface area contributed by atoms with Crippen LogP contribution in [0.4, 0.5) is 0 Å². The largest absolute Gasteiger partial charge is 0.291 e. The Hall–Kier alpha value is -1.03. The Kier molecular flexibility index (Phi) is 3.74. The van der Waals surface area contributed by atoms with Gasteiger partial charge >= 0.3 is 0 Å². The van der Waals surface area contributed by atoms with Crippen LogP contribution in [-0.2, 0) is 10.8 Å². The van der Waals surface area contributed by atoms with Crippen molar-refractivity contribution in [3.05, 3.63) is 30.1 Å². The lowest BCUT2D eigenvalue weighted by molar-refractivity contribution is 0.101. The highest BCUT2D eigenvalue weighted by molar-refractivity contribution is 7.87. The number of hydrogen-bond acceptors (Lipinski definition) is 3. The summed E-state index contributed by atoms with van der Waals surface area (Å²) in [6.45, 7) is 5.57. The minimum absolute atomic E-state index is 0.0422. The van der Waals surface area contributed by atoms with Crippen molar-refractivity contribution in [2.75, 3.05) is 5.75 Å². The molecule has 0 radical (unpaired) electrons. The first-order chi connectivity index (χ1) is 6.91. The van der Waals surface area contributed by atoms with Crippen molar-refractivity contribution >= 4 is 16.6 Å². The molecular weight excluding hydrogens is 210 g/mol. The molecule has 1 atom stereocenters. The maximum Gasteiger partial charge on any atom is 0.193 e. The lowest BCUT2D eigenvalue weighted by atomic mass is 10.2. The van der Waals surface area contributed by atoms with Gasteiger partial charge in [-0.3, -0.25) is 14.0 Å². The SMILES string of the molecule is CC(C)(C)[S@@](=O)CC(=O)c1ccccn1. The molecule has 3 nitrogen and oxygen atoms in total. The number of ketones is 1. The van der Waals surface area contributed by atoms with E-state index >= 15 is 0 Å². The number of pyridine rings is 1. The van der Waals surface area contributed by atoms with Crippen LogP contribution < -0.4 is 0 Å². The van der Waals surface area contributed by atoms with Gasteiger partial charge in [0.15, 0.2) is 5.78 Å². The molecule has 82 valence electrons. The van der Waals surface area contributed by atoms with Gasteiger partial charge in [0.1, 0.15) is 5.69 Å². The van der Waals surface area contributed by atoms with Gasteiger partial charge in [-0.15, -0.1) is 0 Å². The molecule has 0 saturated heterocycles. The third kappa shape index (κ3) is 3.55. The smallest absolute Gasteiger partial charge is 0.193 e. The zero-order valence-corrected chi connectivity index (χ0v) is 10.0. The van der Waals surface area contributed by atoms with Gasteiger partial charge in [0.25, 0.3) is 0 Å². The van der Waals surface area contributed by atoms with Crippen LogP contribution in [0.3, 0.4) is 0 Å². The van der Waals surface area contributed by atoms with Crippen molar-refractivity contribution in [1.29, 1.82) is 0 Å². The summed E-state index contributed by atoms with van der Waals surface area (Å²) in [5.74, 6) is -0.121. The summed E-state index contributed by atoms with van der Waals surface area (Å²) >= 11 is 0. The van der Waals surface area contributed by atoms with Crippen molar-refractivity contribution in [3.8, 4) is 0 Å². The van der Waals surface area contributed by atoms with E-state index in [0.717, 1.165) is 0 Å². The molecule has 0 aliphatic rings. The van der Waals surface area contributed by atoms with Crippen LogP contribution in [0.15, 0.2) is 24.4 Å². The normalized spacial score (nSPS) is 13.5. The molecule has 15 heavy (non-hydrogen) atoms. The van der Waals surface area contributed by atoms with Crippen LogP contribution in [0.2, 0.25) is 0 Å². The van der Waals surface area contributed by atoms with Crippen LogP contribution in [0.5, 0.6) is 0 Å². The van der Waals surface area contributed by atoms with E-state index in [4.69, 9.17) is 0 Å². The highest BCUT2D eigenvalue weighted by Crippen LogP contribution is 2.12. The van der Waals surface area contributed by atoms with Crippen LogP contribution in [0, 0.1) is 0 Å². The molecule has 0 spiro atoms. The minimum atomic E-state index is -1.16. The summed E-state index contributed by atoms with van der Waals surface area (Å²) in [6.07, 6.45) is 1.56. The van der Waals surface area contributed by atoms with Gasteiger partial charge in [0.05, 0.1) is 5.75 Å². The van der Waals surface area contributed by atoms with Crippen LogP contribution in [0.1, 0.15) is 31.3 Å². The lowest BCUT2D eigenvalue weighted by Crippen LogP contribution is -2.27. The van der Waals surface area contributed by atoms with Crippen LogP contribution in [-0.4, -0.2) is 25.5 Å². The van der Waals surface area contributed by atoms with E-state index in [2.05, 4.69) is 4.98 Å². The van der Waals surface area contributed by atoms with Crippen molar-refractivity contribution in [3.63, 3.8) is 0 Å². The van der Waals surface area contributed by atoms with Gasteiger partial charge in [-0.05, 0) is 32.9 Å². The van der Waals surface area contributed by atoms with E-state index in [1.54, 1.807) is 24.4 Å². The second-order valence-electron chi connectivity index (χ2n) is 4.24. The highest BCUT2D eigenvalue weighted by atomic mass is 32.2. The molecule has 1 aromatic rings. The number of carbonyl (C=O) groups excluding carboxylic acids is 1. The van der Waals surface area contributed by atoms with Crippen molar-refractivity contribution in [2.24, 2.45) is 0 Å². The standard InChI is InChI=1S/C11H15NO2S/c1-11(2,3)15(14)8-10(13)9-6-4-5-7-12-9/h4-7H,8H2,1-3H3/t15-/m0/s1. The predicted octanol–water partition coefficient (Wildman–Crippen LogP) is 1.81. The number of rotatable bonds is 3. The van der Waals surface area contributed by atoms with Crippen molar-refractivity contribution < 1.29 is 9.00 Å². The molecule has 0 fully saturated rings. The third-order valence-corrected chi connectivity index (χ3v) is 3.79. The molecule has 0 amide bonds. The second kappa shape index (κ2) is 4.66. The Morgan fingerprint density at radius 3 is 2.53 bits per heavy atom. The number of hydrogen-bond donors (Lipinski definition) is 0. The lowest BCUT2D eigenvalue weighted by Gasteiger charge is -2.16. The zero-order chi connectivity index (χ0) is 11.5. The van der Waals surface area contributed by atoms with E-state index < -0.39 is 10.8 Å². The molecule has 0 aliphatic heterocycles. The van der Waals surface area contributed by atoms with Crippen LogP contribution >= 0.6 is 0 Å². The summed E-state index contributed by atoms with van der Waals surface area (Å²) in [5, 5.41) is 0. The number of Topliss-reactive ketones (excluding diaryl/α,β-unsaturated/α-hetero) is 1. The third-order valence-electron chi connectivity index (χ3n) is 1.90. The van der Waals surface area contributed by atoms with Gasteiger partial charge in [-0.1, -0.05) is 6.07 Å². The highest BCUT2D eigenvalue weighted by Gasteiger charge is 2.22. The average molecular weight is 225 g/mol. The van der Waals surface area contributed by atoms with Gasteiger partial charge in [0.2, 0.25) is 0 Å². The van der Waals surface area contributed by atoms with E-state index in [0.29, 0.717) is 5.69 Å². The van der Waals surface area contributed by atoms with Crippen LogP contribution in [0.25, 0.3) is 0 Å². The number of carbonyl (C=O) groups is 1. The van der Waals surface area contributed by atoms with Crippen molar-refractivity contribution in [2.45, 2.75) is 25.5 Å². The summed E-state index contributed by atoms with van der Waals surface area (Å²) in [4.78, 5) is 15.6. The predicted molar refractivity (Wildman–Crippen MR) is 61.3 cm³/mol. The fraction of sp³-hybridized carbons (Fsp3) is 0.455. The topological polar surface area (TPSA) is 47.0 Å². The van der Waals surface area contributed by atoms with E-state index in [1.165, 1.54) is 0 Å². The maximum atomic E-state index is 11.7. The molecule has 0 bridgehead atoms. The minimum Gasteiger partial charge on any atom is -0.291 e. The summed E-state index contributed by atoms with van der Waals surface area (Å²) < 4.78 is 11.4. The van der Waals surface area contributed by atoms with Gasteiger partial charge < -0.3 is 0 Å². The fourth-order valence-electron chi connectivity index (χ4n) is 0.937. The molecule has 0 saturated carbocycles. The molecule has 4 heteroatoms. The number of nitrogens with zero attached hydrogens (tertiary/aromatic N) is 1. The molecule has 0 aromatic carbocycles. The molecular formula is C11H15NO2S. The molecule has 0 unspecified atom stereocenters. The zero-order valence-electron chi connectivity index (χ0n) is 9.19. The molecule has 1 heterocycles. The monoisotopic (exact) mass is 225 g/mol. The molecule has 0 N–H and O–H groups in total. The summed E-state index contributed by atoms with van der Waals surface area (Å²) in [5.41, 5.74) is 0.384. The number of aromatic nitrogens is 1. The van der Waals surface area contributed by atoms with Crippen molar-refractivity contribution in [1.82, 2.24) is 4.98 Å². The Balaban J connectivity index is 2.70. The van der Waals surface area contributed by atoms with Gasteiger partial charge in [-0.2, -0.15) is 0 Å². The second-order valence-corrected chi connectivity index (χ2v) is 6.44. The molecule has 0 aliphatic carbocycles. The maximum absolute atomic E-state index is 11.7. The van der Waals surface area contributed by atoms with Gasteiger partial charge in [0, 0.05) is 21.7 Å². The van der Waals surface area contributed by atoms with Gasteiger partial charge in [-0.25, -0.2) is 0 Å². The average Bonchev–Trinajstić information content (AvgIpc) is 2.17. The fourth-order valence-corrected chi connectivity index (χ4v) is 1.76. The Morgan fingerprint density at radius 2 is 2.07 bits per heavy atom. The first-order valence-electron chi connectivity index (χ1n) is 4.74. The Labute approximate surface area is 92.4 Å². The summed E-state index contributed by atoms with van der Waals surface area (Å²) in [6, 6.07) is 5.14. The van der Waals surface area contributed by atoms with E-state index in [1.807, 2.05) is 20.8 Å². The molecule has 1 rings (SSSR count). The first-order valence-corrected chi connectivity index (χ1v) is 6.06. The quantitative estimate of drug-likeness (QED) is 0.737. The summed E-state index contributed by atoms with van der Waals surface area (Å²) in [7, 11) is -1.16. The van der Waals surface area contributed by atoms with E-state index in [9.17, 15) is 9.00 Å².